The molecule has 0 unspecified atom stereocenters. The molecule has 0 aliphatic carbocycles. The number of alkyl halides is 7. The molecule has 1 aromatic heterocycles. The Hall–Kier alpha value is -1.74. The Morgan fingerprint density at radius 3 is 2.05 bits per heavy atom. The molecule has 0 fully saturated rings. The molecular formula is C9H6F7NO2. The number of aromatic carboxylic acids is 1. The summed E-state index contributed by atoms with van der Waals surface area (Å²) in [5.41, 5.74) is -0.508. The van der Waals surface area contributed by atoms with Gasteiger partial charge in [0.15, 0.2) is 0 Å². The first-order valence-electron chi connectivity index (χ1n) is 4.60. The number of rotatable bonds is 4. The lowest BCUT2D eigenvalue weighted by Crippen LogP contribution is -2.53. The largest absolute Gasteiger partial charge is 0.478 e. The third-order valence-electron chi connectivity index (χ3n) is 2.19. The number of hydrogen-bond acceptors (Lipinski definition) is 1. The second-order valence-corrected chi connectivity index (χ2v) is 3.65. The average molecular weight is 293 g/mol. The van der Waals surface area contributed by atoms with Gasteiger partial charge in [0.2, 0.25) is 0 Å². The fourth-order valence-corrected chi connectivity index (χ4v) is 1.20. The summed E-state index contributed by atoms with van der Waals surface area (Å²) in [5, 5.41) is 8.46. The SMILES string of the molecule is O=C(O)c1ccn(CC(F)(F)C(F)(F)C(F)(F)F)c1. The fraction of sp³-hybridized carbons (Fsp3) is 0.444. The van der Waals surface area contributed by atoms with Crippen molar-refractivity contribution in [3.8, 4) is 0 Å². The minimum Gasteiger partial charge on any atom is -0.478 e. The minimum atomic E-state index is -6.40. The third kappa shape index (κ3) is 2.82. The molecular weight excluding hydrogens is 287 g/mol. The second-order valence-electron chi connectivity index (χ2n) is 3.65. The monoisotopic (exact) mass is 293 g/mol. The minimum absolute atomic E-state index is 0.253. The molecule has 1 aromatic rings. The van der Waals surface area contributed by atoms with Crippen molar-refractivity contribution < 1.29 is 40.6 Å². The van der Waals surface area contributed by atoms with Gasteiger partial charge in [0, 0.05) is 12.4 Å². The molecule has 10 heteroatoms. The normalized spacial score (nSPS) is 13.6. The van der Waals surface area contributed by atoms with Crippen molar-refractivity contribution in [1.29, 1.82) is 0 Å². The molecule has 0 spiro atoms. The lowest BCUT2D eigenvalue weighted by atomic mass is 10.1. The predicted molar refractivity (Wildman–Crippen MR) is 47.3 cm³/mol. The van der Waals surface area contributed by atoms with Gasteiger partial charge >= 0.3 is 24.0 Å². The highest BCUT2D eigenvalue weighted by Crippen LogP contribution is 2.47. The topological polar surface area (TPSA) is 42.2 Å². The first kappa shape index (κ1) is 15.3. The Bertz CT molecular complexity index is 477. The highest BCUT2D eigenvalue weighted by molar-refractivity contribution is 5.87. The Kier molecular flexibility index (Phi) is 3.57. The molecule has 0 atom stereocenters. The van der Waals surface area contributed by atoms with Crippen molar-refractivity contribution >= 4 is 5.97 Å². The first-order chi connectivity index (χ1) is 8.38. The van der Waals surface area contributed by atoms with Crippen molar-refractivity contribution in [3.05, 3.63) is 24.0 Å². The summed E-state index contributed by atoms with van der Waals surface area (Å²) >= 11 is 0. The van der Waals surface area contributed by atoms with E-state index in [4.69, 9.17) is 5.11 Å². The summed E-state index contributed by atoms with van der Waals surface area (Å²) in [6.07, 6.45) is -5.20. The van der Waals surface area contributed by atoms with Gasteiger partial charge in [-0.05, 0) is 6.07 Å². The average Bonchev–Trinajstić information content (AvgIpc) is 2.63. The van der Waals surface area contributed by atoms with Crippen LogP contribution in [-0.4, -0.2) is 33.7 Å². The van der Waals surface area contributed by atoms with Gasteiger partial charge in [-0.1, -0.05) is 0 Å². The smallest absolute Gasteiger partial charge is 0.459 e. The van der Waals surface area contributed by atoms with Gasteiger partial charge in [-0.2, -0.15) is 30.7 Å². The zero-order chi connectivity index (χ0) is 15.1. The molecule has 19 heavy (non-hydrogen) atoms. The van der Waals surface area contributed by atoms with Crippen LogP contribution >= 0.6 is 0 Å². The van der Waals surface area contributed by atoms with Crippen molar-refractivity contribution in [2.75, 3.05) is 0 Å². The van der Waals surface area contributed by atoms with Gasteiger partial charge < -0.3 is 9.67 Å². The van der Waals surface area contributed by atoms with Crippen LogP contribution in [0.3, 0.4) is 0 Å². The lowest BCUT2D eigenvalue weighted by Gasteiger charge is -2.28. The van der Waals surface area contributed by atoms with Gasteiger partial charge in [0.05, 0.1) is 12.1 Å². The summed E-state index contributed by atoms with van der Waals surface area (Å²) in [7, 11) is 0. The van der Waals surface area contributed by atoms with Crippen LogP contribution < -0.4 is 0 Å². The van der Waals surface area contributed by atoms with E-state index in [0.717, 1.165) is 6.07 Å². The molecule has 0 saturated carbocycles. The van der Waals surface area contributed by atoms with Crippen LogP contribution in [0.25, 0.3) is 0 Å². The number of hydrogen-bond donors (Lipinski definition) is 1. The van der Waals surface area contributed by atoms with Crippen LogP contribution in [0, 0.1) is 0 Å². The molecule has 0 aromatic carbocycles. The van der Waals surface area contributed by atoms with Crippen LogP contribution in [0.4, 0.5) is 30.7 Å². The van der Waals surface area contributed by atoms with Crippen molar-refractivity contribution in [2.45, 2.75) is 24.6 Å². The van der Waals surface area contributed by atoms with Gasteiger partial charge in [0.25, 0.3) is 0 Å². The third-order valence-corrected chi connectivity index (χ3v) is 2.19. The van der Waals surface area contributed by atoms with E-state index in [2.05, 4.69) is 0 Å². The van der Waals surface area contributed by atoms with E-state index in [1.165, 1.54) is 0 Å². The number of carbonyl (C=O) groups is 1. The molecule has 0 aliphatic rings. The van der Waals surface area contributed by atoms with Crippen LogP contribution in [0.2, 0.25) is 0 Å². The van der Waals surface area contributed by atoms with Gasteiger partial charge in [-0.15, -0.1) is 0 Å². The highest BCUT2D eigenvalue weighted by atomic mass is 19.4. The van der Waals surface area contributed by atoms with Gasteiger partial charge in [0.1, 0.15) is 0 Å². The van der Waals surface area contributed by atoms with Crippen molar-refractivity contribution in [1.82, 2.24) is 4.57 Å². The fourth-order valence-electron chi connectivity index (χ4n) is 1.20. The van der Waals surface area contributed by atoms with E-state index in [9.17, 15) is 35.5 Å². The van der Waals surface area contributed by atoms with Crippen molar-refractivity contribution in [2.24, 2.45) is 0 Å². The van der Waals surface area contributed by atoms with Gasteiger partial charge in [-0.25, -0.2) is 4.79 Å². The first-order valence-corrected chi connectivity index (χ1v) is 4.60. The maximum Gasteiger partial charge on any atom is 0.459 e. The standard InChI is InChI=1S/C9H6F7NO2/c10-7(11,8(12,13)9(14,15)16)4-17-2-1-5(3-17)6(18)19/h1-3H,4H2,(H,18,19). The summed E-state index contributed by atoms with van der Waals surface area (Å²) in [6, 6.07) is 0.796. The highest BCUT2D eigenvalue weighted by Gasteiger charge is 2.72. The second kappa shape index (κ2) is 4.42. The Balaban J connectivity index is 2.99. The Labute approximate surface area is 101 Å². The van der Waals surface area contributed by atoms with Crippen LogP contribution in [-0.2, 0) is 6.54 Å². The molecule has 1 rings (SSSR count). The molecule has 0 bridgehead atoms. The van der Waals surface area contributed by atoms with E-state index in [-0.39, 0.29) is 4.57 Å². The summed E-state index contributed by atoms with van der Waals surface area (Å²) in [6.45, 7) is -1.99. The zero-order valence-electron chi connectivity index (χ0n) is 8.89. The molecule has 1 N–H and O–H groups in total. The molecule has 108 valence electrons. The van der Waals surface area contributed by atoms with E-state index in [0.29, 0.717) is 12.4 Å². The molecule has 0 radical (unpaired) electrons. The van der Waals surface area contributed by atoms with E-state index in [1.54, 1.807) is 0 Å². The lowest BCUT2D eigenvalue weighted by molar-refractivity contribution is -0.357. The molecule has 3 nitrogen and oxygen atoms in total. The molecule has 1 heterocycles. The molecule has 0 amide bonds. The van der Waals surface area contributed by atoms with E-state index < -0.39 is 36.1 Å². The van der Waals surface area contributed by atoms with Crippen molar-refractivity contribution in [3.63, 3.8) is 0 Å². The van der Waals surface area contributed by atoms with Crippen LogP contribution in [0.15, 0.2) is 18.5 Å². The van der Waals surface area contributed by atoms with E-state index in [1.807, 2.05) is 0 Å². The summed E-state index contributed by atoms with van der Waals surface area (Å²) < 4.78 is 86.8. The van der Waals surface area contributed by atoms with Gasteiger partial charge in [-0.3, -0.25) is 0 Å². The van der Waals surface area contributed by atoms with Crippen LogP contribution in [0.1, 0.15) is 10.4 Å². The Morgan fingerprint density at radius 2 is 1.68 bits per heavy atom. The number of carboxylic acid groups (broad SMARTS) is 1. The number of aromatic nitrogens is 1. The molecule has 0 saturated heterocycles. The zero-order valence-corrected chi connectivity index (χ0v) is 8.89. The van der Waals surface area contributed by atoms with E-state index >= 15 is 0 Å². The predicted octanol–water partition coefficient (Wildman–Crippen LogP) is 3.02. The Morgan fingerprint density at radius 1 is 1.16 bits per heavy atom. The number of halogens is 7. The molecule has 0 aliphatic heterocycles. The number of carboxylic acids is 1. The quantitative estimate of drug-likeness (QED) is 0.867. The maximum atomic E-state index is 13.0. The number of nitrogens with zero attached hydrogens (tertiary/aromatic N) is 1. The summed E-state index contributed by atoms with van der Waals surface area (Å²) in [4.78, 5) is 10.4. The van der Waals surface area contributed by atoms with Crippen LogP contribution in [0.5, 0.6) is 0 Å². The summed E-state index contributed by atoms with van der Waals surface area (Å²) in [5.74, 6) is -13.1. The maximum absolute atomic E-state index is 13.0.